The lowest BCUT2D eigenvalue weighted by Crippen LogP contribution is -2.43. The highest BCUT2D eigenvalue weighted by atomic mass is 79.9. The summed E-state index contributed by atoms with van der Waals surface area (Å²) in [5.74, 6) is 0.695. The van der Waals surface area contributed by atoms with Gasteiger partial charge in [0.2, 0.25) is 11.9 Å². The van der Waals surface area contributed by atoms with Crippen LogP contribution in [0.1, 0.15) is 32.1 Å². The highest BCUT2D eigenvalue weighted by Crippen LogP contribution is 2.30. The predicted molar refractivity (Wildman–Crippen MR) is 144 cm³/mol. The number of fused-ring (bicyclic) bond motifs is 2. The molecule has 1 aromatic carbocycles. The standard InChI is InChI=1S/C25H26BrN7O3S/c26-22-20-14-28-25(31-23(20)33(32-22)19-5-6-21-15(13-19)2-1-9-27-21)30-18-4-3-16(12-18)24(34)29-17-7-10-37(35,36)11-8-17/h1-2,5-6,9,13-14,16-18H,3-4,7-8,10-12H2,(H,29,34)(H,28,30,31)/t16-,18-/m1/s1. The summed E-state index contributed by atoms with van der Waals surface area (Å²) in [6.07, 6.45) is 6.79. The zero-order valence-corrected chi connectivity index (χ0v) is 22.4. The molecule has 0 spiro atoms. The monoisotopic (exact) mass is 583 g/mol. The Morgan fingerprint density at radius 1 is 1.05 bits per heavy atom. The highest BCUT2D eigenvalue weighted by molar-refractivity contribution is 9.10. The molecular formula is C25H26BrN7O3S. The molecule has 4 heterocycles. The average Bonchev–Trinajstić information content (AvgIpc) is 3.49. The molecule has 192 valence electrons. The lowest BCUT2D eigenvalue weighted by atomic mass is 10.1. The summed E-state index contributed by atoms with van der Waals surface area (Å²) in [5.41, 5.74) is 2.45. The molecule has 1 aliphatic heterocycles. The molecule has 37 heavy (non-hydrogen) atoms. The van der Waals surface area contributed by atoms with Crippen molar-refractivity contribution >= 4 is 59.6 Å². The van der Waals surface area contributed by atoms with Crippen molar-refractivity contribution in [2.45, 2.75) is 44.2 Å². The molecule has 3 aromatic heterocycles. The van der Waals surface area contributed by atoms with E-state index in [4.69, 9.17) is 4.98 Å². The van der Waals surface area contributed by atoms with Gasteiger partial charge in [-0.3, -0.25) is 9.78 Å². The van der Waals surface area contributed by atoms with Gasteiger partial charge in [-0.1, -0.05) is 6.07 Å². The summed E-state index contributed by atoms with van der Waals surface area (Å²) in [6, 6.07) is 9.89. The van der Waals surface area contributed by atoms with Crippen molar-refractivity contribution in [2.24, 2.45) is 5.92 Å². The number of rotatable bonds is 5. The molecule has 1 amide bonds. The minimum atomic E-state index is -2.95. The number of halogens is 1. The fourth-order valence-corrected chi connectivity index (χ4v) is 7.13. The van der Waals surface area contributed by atoms with Gasteiger partial charge in [-0.25, -0.2) is 18.1 Å². The maximum absolute atomic E-state index is 12.8. The van der Waals surface area contributed by atoms with Crippen molar-refractivity contribution in [3.63, 3.8) is 0 Å². The van der Waals surface area contributed by atoms with Gasteiger partial charge in [-0.05, 0) is 72.3 Å². The number of nitrogens with one attached hydrogen (secondary N) is 2. The van der Waals surface area contributed by atoms with Crippen LogP contribution in [0.5, 0.6) is 0 Å². The first kappa shape index (κ1) is 24.2. The van der Waals surface area contributed by atoms with E-state index < -0.39 is 9.84 Å². The number of nitrogens with zero attached hydrogens (tertiary/aromatic N) is 5. The molecule has 0 bridgehead atoms. The quantitative estimate of drug-likeness (QED) is 0.365. The number of amides is 1. The predicted octanol–water partition coefficient (Wildman–Crippen LogP) is 3.40. The lowest BCUT2D eigenvalue weighted by molar-refractivity contribution is -0.125. The number of carbonyl (C=O) groups excluding carboxylic acids is 1. The fraction of sp³-hybridized carbons (Fsp3) is 0.400. The first-order valence-corrected chi connectivity index (χ1v) is 15.0. The molecular weight excluding hydrogens is 558 g/mol. The number of anilines is 1. The summed E-state index contributed by atoms with van der Waals surface area (Å²) in [4.78, 5) is 26.4. The summed E-state index contributed by atoms with van der Waals surface area (Å²) < 4.78 is 25.7. The van der Waals surface area contributed by atoms with E-state index in [0.29, 0.717) is 35.5 Å². The van der Waals surface area contributed by atoms with Crippen LogP contribution < -0.4 is 10.6 Å². The third-order valence-electron chi connectivity index (χ3n) is 7.25. The van der Waals surface area contributed by atoms with E-state index in [-0.39, 0.29) is 35.4 Å². The van der Waals surface area contributed by atoms with Gasteiger partial charge in [-0.15, -0.1) is 0 Å². The van der Waals surface area contributed by atoms with Crippen molar-refractivity contribution in [3.8, 4) is 5.69 Å². The van der Waals surface area contributed by atoms with Crippen LogP contribution in [0.15, 0.2) is 47.3 Å². The van der Waals surface area contributed by atoms with E-state index >= 15 is 0 Å². The zero-order chi connectivity index (χ0) is 25.6. The van der Waals surface area contributed by atoms with E-state index in [9.17, 15) is 13.2 Å². The van der Waals surface area contributed by atoms with Crippen LogP contribution in [-0.2, 0) is 14.6 Å². The Balaban J connectivity index is 1.16. The topological polar surface area (TPSA) is 132 Å². The van der Waals surface area contributed by atoms with Crippen LogP contribution in [0.2, 0.25) is 0 Å². The molecule has 1 saturated heterocycles. The molecule has 2 fully saturated rings. The van der Waals surface area contributed by atoms with Crippen molar-refractivity contribution in [1.82, 2.24) is 30.0 Å². The van der Waals surface area contributed by atoms with Crippen LogP contribution in [0.25, 0.3) is 27.6 Å². The number of benzene rings is 1. The summed E-state index contributed by atoms with van der Waals surface area (Å²) in [7, 11) is -2.95. The number of sulfone groups is 1. The number of hydrogen-bond donors (Lipinski definition) is 2. The second-order valence-corrected chi connectivity index (χ2v) is 12.9. The highest BCUT2D eigenvalue weighted by Gasteiger charge is 2.33. The molecule has 0 unspecified atom stereocenters. The molecule has 1 aliphatic carbocycles. The lowest BCUT2D eigenvalue weighted by Gasteiger charge is -2.24. The summed E-state index contributed by atoms with van der Waals surface area (Å²) in [5, 5.41) is 12.9. The van der Waals surface area contributed by atoms with Crippen molar-refractivity contribution in [3.05, 3.63) is 47.3 Å². The van der Waals surface area contributed by atoms with E-state index in [2.05, 4.69) is 41.6 Å². The third kappa shape index (κ3) is 5.04. The van der Waals surface area contributed by atoms with Gasteiger partial charge in [0, 0.05) is 35.8 Å². The molecule has 0 radical (unpaired) electrons. The number of aromatic nitrogens is 5. The van der Waals surface area contributed by atoms with Gasteiger partial charge in [0.05, 0.1) is 28.1 Å². The summed E-state index contributed by atoms with van der Waals surface area (Å²) in [6.45, 7) is 0. The van der Waals surface area contributed by atoms with Gasteiger partial charge < -0.3 is 10.6 Å². The molecule has 6 rings (SSSR count). The van der Waals surface area contributed by atoms with Crippen LogP contribution in [0.4, 0.5) is 5.95 Å². The summed E-state index contributed by atoms with van der Waals surface area (Å²) >= 11 is 3.53. The van der Waals surface area contributed by atoms with Crippen molar-refractivity contribution < 1.29 is 13.2 Å². The molecule has 1 saturated carbocycles. The van der Waals surface area contributed by atoms with E-state index in [1.807, 2.05) is 30.3 Å². The SMILES string of the molecule is O=C(NC1CCS(=O)(=O)CC1)[C@@H]1CC[C@@H](Nc2ncc3c(Br)nn(-c4ccc5ncccc5c4)c3n2)C1. The fourth-order valence-electron chi connectivity index (χ4n) is 5.20. The molecule has 2 N–H and O–H groups in total. The number of carbonyl (C=O) groups is 1. The normalized spacial score (nSPS) is 21.9. The molecule has 2 atom stereocenters. The first-order chi connectivity index (χ1) is 17.8. The van der Waals surface area contributed by atoms with Crippen LogP contribution in [0.3, 0.4) is 0 Å². The smallest absolute Gasteiger partial charge is 0.224 e. The van der Waals surface area contributed by atoms with E-state index in [1.165, 1.54) is 0 Å². The Kier molecular flexibility index (Phi) is 6.31. The van der Waals surface area contributed by atoms with Gasteiger partial charge >= 0.3 is 0 Å². The van der Waals surface area contributed by atoms with Gasteiger partial charge in [0.15, 0.2) is 5.65 Å². The van der Waals surface area contributed by atoms with Crippen LogP contribution >= 0.6 is 15.9 Å². The van der Waals surface area contributed by atoms with E-state index in [0.717, 1.165) is 34.8 Å². The Morgan fingerprint density at radius 3 is 2.73 bits per heavy atom. The maximum atomic E-state index is 12.8. The van der Waals surface area contributed by atoms with Crippen LogP contribution in [-0.4, -0.2) is 62.6 Å². The molecule has 2 aliphatic rings. The first-order valence-electron chi connectivity index (χ1n) is 12.4. The maximum Gasteiger partial charge on any atom is 0.224 e. The Hall–Kier alpha value is -3.12. The van der Waals surface area contributed by atoms with Crippen molar-refractivity contribution in [1.29, 1.82) is 0 Å². The Bertz CT molecular complexity index is 1590. The Morgan fingerprint density at radius 2 is 1.89 bits per heavy atom. The second-order valence-electron chi connectivity index (χ2n) is 9.80. The third-order valence-corrected chi connectivity index (χ3v) is 9.55. The van der Waals surface area contributed by atoms with Gasteiger partial charge in [0.25, 0.3) is 0 Å². The zero-order valence-electron chi connectivity index (χ0n) is 20.0. The largest absolute Gasteiger partial charge is 0.353 e. The molecule has 10 nitrogen and oxygen atoms in total. The minimum absolute atomic E-state index is 0.0118. The average molecular weight is 584 g/mol. The molecule has 12 heteroatoms. The van der Waals surface area contributed by atoms with Crippen LogP contribution in [0, 0.1) is 5.92 Å². The number of hydrogen-bond acceptors (Lipinski definition) is 8. The number of pyridine rings is 1. The Labute approximate surface area is 222 Å². The van der Waals surface area contributed by atoms with Gasteiger partial charge in [-0.2, -0.15) is 10.1 Å². The van der Waals surface area contributed by atoms with Gasteiger partial charge in [0.1, 0.15) is 14.4 Å². The molecule has 4 aromatic rings. The minimum Gasteiger partial charge on any atom is -0.353 e. The second kappa shape index (κ2) is 9.64. The van der Waals surface area contributed by atoms with Crippen molar-refractivity contribution in [2.75, 3.05) is 16.8 Å². The van der Waals surface area contributed by atoms with E-state index in [1.54, 1.807) is 17.1 Å².